The molecular weight excluding hydrogens is 240 g/mol. The van der Waals surface area contributed by atoms with E-state index in [0.717, 1.165) is 18.3 Å². The normalized spacial score (nSPS) is 23.0. The molecule has 0 aliphatic carbocycles. The Labute approximate surface area is 115 Å². The Morgan fingerprint density at radius 1 is 1.39 bits per heavy atom. The summed E-state index contributed by atoms with van der Waals surface area (Å²) in [5.74, 6) is 1.22. The first-order valence-electron chi connectivity index (χ1n) is 6.75. The van der Waals surface area contributed by atoms with Crippen molar-refractivity contribution in [2.24, 2.45) is 5.73 Å². The van der Waals surface area contributed by atoms with Crippen LogP contribution >= 0.6 is 11.8 Å². The molecule has 0 aromatic heterocycles. The van der Waals surface area contributed by atoms with Crippen molar-refractivity contribution in [1.29, 1.82) is 0 Å². The molecule has 0 bridgehead atoms. The smallest absolute Gasteiger partial charge is 0.0476 e. The molecule has 0 amide bonds. The van der Waals surface area contributed by atoms with Crippen molar-refractivity contribution in [1.82, 2.24) is 4.90 Å². The number of hydrogen-bond acceptors (Lipinski definition) is 3. The van der Waals surface area contributed by atoms with Gasteiger partial charge >= 0.3 is 0 Å². The van der Waals surface area contributed by atoms with Gasteiger partial charge in [-0.25, -0.2) is 0 Å². The van der Waals surface area contributed by atoms with Gasteiger partial charge in [-0.3, -0.25) is 4.90 Å². The minimum Gasteiger partial charge on any atom is -0.329 e. The average molecular weight is 264 g/mol. The van der Waals surface area contributed by atoms with Crippen LogP contribution in [0.25, 0.3) is 0 Å². The van der Waals surface area contributed by atoms with E-state index in [4.69, 9.17) is 5.73 Å². The second-order valence-corrected chi connectivity index (χ2v) is 6.78. The highest BCUT2D eigenvalue weighted by atomic mass is 32.2. The summed E-state index contributed by atoms with van der Waals surface area (Å²) in [5, 5.41) is 0.720. The summed E-state index contributed by atoms with van der Waals surface area (Å²) in [5.41, 5.74) is 10.3. The molecular formula is C15H24N2S. The first-order chi connectivity index (χ1) is 8.63. The molecule has 0 radical (unpaired) electrons. The van der Waals surface area contributed by atoms with Crippen LogP contribution in [0.1, 0.15) is 29.7 Å². The molecule has 2 unspecified atom stereocenters. The van der Waals surface area contributed by atoms with E-state index in [1.165, 1.54) is 22.4 Å². The molecule has 1 fully saturated rings. The third-order valence-electron chi connectivity index (χ3n) is 3.81. The average Bonchev–Trinajstić information content (AvgIpc) is 2.34. The monoisotopic (exact) mass is 264 g/mol. The Morgan fingerprint density at radius 2 is 2.06 bits per heavy atom. The van der Waals surface area contributed by atoms with Crippen LogP contribution in [0.5, 0.6) is 0 Å². The van der Waals surface area contributed by atoms with Crippen LogP contribution in [0.3, 0.4) is 0 Å². The lowest BCUT2D eigenvalue weighted by atomic mass is 9.95. The Kier molecular flexibility index (Phi) is 4.71. The lowest BCUT2D eigenvalue weighted by Gasteiger charge is -2.38. The van der Waals surface area contributed by atoms with Crippen LogP contribution in [0.4, 0.5) is 0 Å². The molecule has 100 valence electrons. The molecule has 0 spiro atoms. The standard InChI is InChI=1S/C15H24N2S/c1-11-5-4-6-12(2)15(11)14(9-16)17-7-8-18-13(3)10-17/h4-6,13-14H,7-10,16H2,1-3H3. The highest BCUT2D eigenvalue weighted by Crippen LogP contribution is 2.30. The maximum absolute atomic E-state index is 6.07. The zero-order valence-corrected chi connectivity index (χ0v) is 12.5. The molecule has 1 aromatic carbocycles. The van der Waals surface area contributed by atoms with E-state index in [1.807, 2.05) is 0 Å². The van der Waals surface area contributed by atoms with E-state index in [2.05, 4.69) is 55.6 Å². The van der Waals surface area contributed by atoms with E-state index in [9.17, 15) is 0 Å². The minimum absolute atomic E-state index is 0.384. The third-order valence-corrected chi connectivity index (χ3v) is 4.95. The number of rotatable bonds is 3. The zero-order valence-electron chi connectivity index (χ0n) is 11.6. The molecule has 1 aliphatic rings. The molecule has 0 saturated carbocycles. The van der Waals surface area contributed by atoms with Crippen molar-refractivity contribution < 1.29 is 0 Å². The maximum Gasteiger partial charge on any atom is 0.0476 e. The summed E-state index contributed by atoms with van der Waals surface area (Å²) in [7, 11) is 0. The molecule has 1 aliphatic heterocycles. The molecule has 3 heteroatoms. The van der Waals surface area contributed by atoms with Crippen molar-refractivity contribution in [2.45, 2.75) is 32.1 Å². The number of thioether (sulfide) groups is 1. The van der Waals surface area contributed by atoms with Gasteiger partial charge in [0, 0.05) is 36.7 Å². The summed E-state index contributed by atoms with van der Waals surface area (Å²) < 4.78 is 0. The highest BCUT2D eigenvalue weighted by molar-refractivity contribution is 7.99. The number of aryl methyl sites for hydroxylation is 2. The van der Waals surface area contributed by atoms with Crippen molar-refractivity contribution >= 4 is 11.8 Å². The van der Waals surface area contributed by atoms with E-state index in [1.54, 1.807) is 0 Å². The van der Waals surface area contributed by atoms with Crippen LogP contribution < -0.4 is 5.73 Å². The van der Waals surface area contributed by atoms with Gasteiger partial charge in [0.05, 0.1) is 0 Å². The fraction of sp³-hybridized carbons (Fsp3) is 0.600. The first-order valence-corrected chi connectivity index (χ1v) is 7.80. The second kappa shape index (κ2) is 6.09. The third kappa shape index (κ3) is 2.90. The van der Waals surface area contributed by atoms with Gasteiger partial charge < -0.3 is 5.73 Å². The van der Waals surface area contributed by atoms with Gasteiger partial charge in [0.15, 0.2) is 0 Å². The van der Waals surface area contributed by atoms with Gasteiger partial charge in [-0.2, -0.15) is 11.8 Å². The SMILES string of the molecule is Cc1cccc(C)c1C(CN)N1CCSC(C)C1. The van der Waals surface area contributed by atoms with E-state index in [0.29, 0.717) is 12.6 Å². The maximum atomic E-state index is 6.07. The predicted molar refractivity (Wildman–Crippen MR) is 81.2 cm³/mol. The summed E-state index contributed by atoms with van der Waals surface area (Å²) in [6.07, 6.45) is 0. The number of hydrogen-bond donors (Lipinski definition) is 1. The van der Waals surface area contributed by atoms with Crippen LogP contribution in [0.2, 0.25) is 0 Å². The second-order valence-electron chi connectivity index (χ2n) is 5.23. The summed E-state index contributed by atoms with van der Waals surface area (Å²) in [4.78, 5) is 2.57. The summed E-state index contributed by atoms with van der Waals surface area (Å²) >= 11 is 2.07. The van der Waals surface area contributed by atoms with Crippen LogP contribution in [-0.4, -0.2) is 35.5 Å². The van der Waals surface area contributed by atoms with Crippen molar-refractivity contribution in [3.8, 4) is 0 Å². The Bertz CT molecular complexity index is 385. The van der Waals surface area contributed by atoms with Crippen LogP contribution in [0, 0.1) is 13.8 Å². The van der Waals surface area contributed by atoms with Gasteiger partial charge in [-0.05, 0) is 30.5 Å². The summed E-state index contributed by atoms with van der Waals surface area (Å²) in [6.45, 7) is 9.74. The van der Waals surface area contributed by atoms with E-state index < -0.39 is 0 Å². The predicted octanol–water partition coefficient (Wildman–Crippen LogP) is 2.74. The molecule has 2 N–H and O–H groups in total. The lowest BCUT2D eigenvalue weighted by molar-refractivity contribution is 0.210. The highest BCUT2D eigenvalue weighted by Gasteiger charge is 2.26. The Hall–Kier alpha value is -0.510. The Morgan fingerprint density at radius 3 is 2.61 bits per heavy atom. The van der Waals surface area contributed by atoms with Gasteiger partial charge in [-0.15, -0.1) is 0 Å². The van der Waals surface area contributed by atoms with Crippen molar-refractivity contribution in [3.05, 3.63) is 34.9 Å². The molecule has 1 saturated heterocycles. The topological polar surface area (TPSA) is 29.3 Å². The Balaban J connectivity index is 2.27. The summed E-state index contributed by atoms with van der Waals surface area (Å²) in [6, 6.07) is 6.92. The number of nitrogens with zero attached hydrogens (tertiary/aromatic N) is 1. The van der Waals surface area contributed by atoms with Crippen LogP contribution in [0.15, 0.2) is 18.2 Å². The number of benzene rings is 1. The van der Waals surface area contributed by atoms with Crippen LogP contribution in [-0.2, 0) is 0 Å². The largest absolute Gasteiger partial charge is 0.329 e. The van der Waals surface area contributed by atoms with Gasteiger partial charge in [0.25, 0.3) is 0 Å². The molecule has 2 rings (SSSR count). The molecule has 18 heavy (non-hydrogen) atoms. The molecule has 1 aromatic rings. The quantitative estimate of drug-likeness (QED) is 0.910. The fourth-order valence-electron chi connectivity index (χ4n) is 2.93. The van der Waals surface area contributed by atoms with Gasteiger partial charge in [0.1, 0.15) is 0 Å². The first kappa shape index (κ1) is 13.9. The molecule has 1 heterocycles. The minimum atomic E-state index is 0.384. The van der Waals surface area contributed by atoms with Crippen molar-refractivity contribution in [2.75, 3.05) is 25.4 Å². The zero-order chi connectivity index (χ0) is 13.1. The van der Waals surface area contributed by atoms with Gasteiger partial charge in [0.2, 0.25) is 0 Å². The van der Waals surface area contributed by atoms with Crippen molar-refractivity contribution in [3.63, 3.8) is 0 Å². The lowest BCUT2D eigenvalue weighted by Crippen LogP contribution is -2.42. The van der Waals surface area contributed by atoms with Gasteiger partial charge in [-0.1, -0.05) is 25.1 Å². The number of nitrogens with two attached hydrogens (primary N) is 1. The molecule has 2 nitrogen and oxygen atoms in total. The molecule has 2 atom stereocenters. The van der Waals surface area contributed by atoms with E-state index in [-0.39, 0.29) is 0 Å². The fourth-order valence-corrected chi connectivity index (χ4v) is 3.97. The van der Waals surface area contributed by atoms with E-state index >= 15 is 0 Å².